The van der Waals surface area contributed by atoms with E-state index in [1.807, 2.05) is 6.26 Å². The van der Waals surface area contributed by atoms with Crippen molar-refractivity contribution < 1.29 is 14.7 Å². The van der Waals surface area contributed by atoms with E-state index in [-0.39, 0.29) is 5.91 Å². The Bertz CT molecular complexity index is 266. The Hall–Kier alpha value is -0.750. The highest BCUT2D eigenvalue weighted by Gasteiger charge is 2.51. The third-order valence-electron chi connectivity index (χ3n) is 2.49. The molecule has 1 rings (SSSR count). The molecule has 0 saturated heterocycles. The first-order chi connectivity index (χ1) is 7.02. The Balaban J connectivity index is 2.38. The van der Waals surface area contributed by atoms with Crippen LogP contribution < -0.4 is 11.1 Å². The van der Waals surface area contributed by atoms with Crippen molar-refractivity contribution in [3.8, 4) is 0 Å². The van der Waals surface area contributed by atoms with Gasteiger partial charge in [-0.1, -0.05) is 0 Å². The molecule has 1 fully saturated rings. The number of rotatable bonds is 6. The maximum Gasteiger partial charge on any atom is 0.329 e. The molecule has 0 heterocycles. The molecule has 5 nitrogen and oxygen atoms in total. The molecule has 0 bridgehead atoms. The smallest absolute Gasteiger partial charge is 0.329 e. The van der Waals surface area contributed by atoms with E-state index in [2.05, 4.69) is 5.32 Å². The van der Waals surface area contributed by atoms with E-state index in [0.717, 1.165) is 5.75 Å². The maximum absolute atomic E-state index is 11.5. The van der Waals surface area contributed by atoms with E-state index < -0.39 is 17.6 Å². The zero-order valence-electron chi connectivity index (χ0n) is 8.66. The van der Waals surface area contributed by atoms with Gasteiger partial charge in [-0.05, 0) is 31.3 Å². The Morgan fingerprint density at radius 3 is 2.60 bits per heavy atom. The van der Waals surface area contributed by atoms with E-state index in [0.29, 0.717) is 19.3 Å². The van der Waals surface area contributed by atoms with E-state index in [9.17, 15) is 9.59 Å². The molecule has 4 N–H and O–H groups in total. The summed E-state index contributed by atoms with van der Waals surface area (Å²) in [6.45, 7) is 0. The second-order valence-corrected chi connectivity index (χ2v) is 4.75. The van der Waals surface area contributed by atoms with Gasteiger partial charge in [0.1, 0.15) is 5.54 Å². The van der Waals surface area contributed by atoms with Gasteiger partial charge in [-0.25, -0.2) is 4.79 Å². The van der Waals surface area contributed by atoms with Gasteiger partial charge < -0.3 is 16.2 Å². The first-order valence-corrected chi connectivity index (χ1v) is 6.21. The van der Waals surface area contributed by atoms with Crippen LogP contribution in [0.25, 0.3) is 0 Å². The van der Waals surface area contributed by atoms with Crippen LogP contribution in [0.2, 0.25) is 0 Å². The molecule has 15 heavy (non-hydrogen) atoms. The zero-order valence-corrected chi connectivity index (χ0v) is 9.47. The van der Waals surface area contributed by atoms with Crippen LogP contribution >= 0.6 is 11.8 Å². The van der Waals surface area contributed by atoms with E-state index in [1.165, 1.54) is 0 Å². The summed E-state index contributed by atoms with van der Waals surface area (Å²) in [7, 11) is 0. The molecule has 6 heteroatoms. The second-order valence-electron chi connectivity index (χ2n) is 3.76. The normalized spacial score (nSPS) is 19.3. The summed E-state index contributed by atoms with van der Waals surface area (Å²) < 4.78 is 0. The molecular formula is C9H16N2O3S. The number of carbonyl (C=O) groups is 2. The number of nitrogens with two attached hydrogens (primary N) is 1. The molecule has 0 aliphatic heterocycles. The molecular weight excluding hydrogens is 216 g/mol. The summed E-state index contributed by atoms with van der Waals surface area (Å²) in [4.78, 5) is 22.3. The molecule has 1 saturated carbocycles. The molecule has 1 amide bonds. The van der Waals surface area contributed by atoms with Crippen molar-refractivity contribution in [1.29, 1.82) is 0 Å². The van der Waals surface area contributed by atoms with E-state index >= 15 is 0 Å². The number of carboxylic acids is 1. The molecule has 0 aromatic carbocycles. The largest absolute Gasteiger partial charge is 0.480 e. The predicted molar refractivity (Wildman–Crippen MR) is 58.7 cm³/mol. The van der Waals surface area contributed by atoms with Gasteiger partial charge in [0.15, 0.2) is 0 Å². The summed E-state index contributed by atoms with van der Waals surface area (Å²) in [5.41, 5.74) is 4.60. The van der Waals surface area contributed by atoms with Crippen molar-refractivity contribution in [1.82, 2.24) is 5.32 Å². The van der Waals surface area contributed by atoms with Crippen molar-refractivity contribution in [2.24, 2.45) is 5.73 Å². The molecule has 0 aromatic heterocycles. The van der Waals surface area contributed by atoms with Crippen LogP contribution in [0.5, 0.6) is 0 Å². The predicted octanol–water partition coefficient (Wildman–Crippen LogP) is -0.200. The summed E-state index contributed by atoms with van der Waals surface area (Å²) in [6, 6.07) is -0.603. The average Bonchev–Trinajstić information content (AvgIpc) is 2.95. The summed E-state index contributed by atoms with van der Waals surface area (Å²) in [5, 5.41) is 11.4. The van der Waals surface area contributed by atoms with Crippen molar-refractivity contribution in [3.63, 3.8) is 0 Å². The van der Waals surface area contributed by atoms with Crippen molar-refractivity contribution in [2.75, 3.05) is 12.0 Å². The van der Waals surface area contributed by atoms with Crippen LogP contribution in [0.1, 0.15) is 19.3 Å². The van der Waals surface area contributed by atoms with Gasteiger partial charge in [-0.3, -0.25) is 4.79 Å². The lowest BCUT2D eigenvalue weighted by atomic mass is 10.2. The van der Waals surface area contributed by atoms with Crippen LogP contribution in [0.3, 0.4) is 0 Å². The van der Waals surface area contributed by atoms with Crippen LogP contribution in [0.4, 0.5) is 0 Å². The van der Waals surface area contributed by atoms with Gasteiger partial charge in [0, 0.05) is 0 Å². The number of carboxylic acid groups (broad SMARTS) is 1. The van der Waals surface area contributed by atoms with Crippen molar-refractivity contribution in [2.45, 2.75) is 30.8 Å². The number of thioether (sulfide) groups is 1. The molecule has 1 aliphatic carbocycles. The third-order valence-corrected chi connectivity index (χ3v) is 3.14. The fraction of sp³-hybridized carbons (Fsp3) is 0.778. The second kappa shape index (κ2) is 4.85. The van der Waals surface area contributed by atoms with Gasteiger partial charge in [0.2, 0.25) is 5.91 Å². The molecule has 0 aromatic rings. The van der Waals surface area contributed by atoms with Crippen LogP contribution in [0.15, 0.2) is 0 Å². The van der Waals surface area contributed by atoms with Gasteiger partial charge in [-0.15, -0.1) is 0 Å². The minimum absolute atomic E-state index is 0.357. The highest BCUT2D eigenvalue weighted by molar-refractivity contribution is 7.98. The monoisotopic (exact) mass is 232 g/mol. The molecule has 0 radical (unpaired) electrons. The average molecular weight is 232 g/mol. The lowest BCUT2D eigenvalue weighted by molar-refractivity contribution is -0.143. The SMILES string of the molecule is CSCC[C@@H](N)C(=O)NC1(C(=O)O)CC1. The molecule has 1 atom stereocenters. The summed E-state index contributed by atoms with van der Waals surface area (Å²) in [5.74, 6) is -0.522. The van der Waals surface area contributed by atoms with Gasteiger partial charge in [0.05, 0.1) is 6.04 Å². The van der Waals surface area contributed by atoms with Gasteiger partial charge in [-0.2, -0.15) is 11.8 Å². The fourth-order valence-corrected chi connectivity index (χ4v) is 1.71. The summed E-state index contributed by atoms with van der Waals surface area (Å²) in [6.07, 6.45) is 3.51. The quantitative estimate of drug-likeness (QED) is 0.590. The first-order valence-electron chi connectivity index (χ1n) is 4.82. The molecule has 0 unspecified atom stereocenters. The number of hydrogen-bond donors (Lipinski definition) is 3. The molecule has 0 spiro atoms. The number of aliphatic carboxylic acids is 1. The Morgan fingerprint density at radius 2 is 2.20 bits per heavy atom. The Kier molecular flexibility index (Phi) is 3.98. The fourth-order valence-electron chi connectivity index (χ4n) is 1.22. The van der Waals surface area contributed by atoms with Crippen molar-refractivity contribution in [3.05, 3.63) is 0 Å². The van der Waals surface area contributed by atoms with Crippen LogP contribution in [-0.2, 0) is 9.59 Å². The molecule has 86 valence electrons. The standard InChI is InChI=1S/C9H16N2O3S/c1-15-5-2-6(10)7(12)11-9(3-4-9)8(13)14/h6H,2-5,10H2,1H3,(H,11,12)(H,13,14)/t6-/m1/s1. The molecule has 1 aliphatic rings. The minimum Gasteiger partial charge on any atom is -0.480 e. The number of amides is 1. The van der Waals surface area contributed by atoms with E-state index in [4.69, 9.17) is 10.8 Å². The Labute approximate surface area is 92.8 Å². The Morgan fingerprint density at radius 1 is 1.60 bits per heavy atom. The lowest BCUT2D eigenvalue weighted by Gasteiger charge is -2.16. The summed E-state index contributed by atoms with van der Waals surface area (Å²) >= 11 is 1.61. The lowest BCUT2D eigenvalue weighted by Crippen LogP contribution is -2.50. The third kappa shape index (κ3) is 3.10. The van der Waals surface area contributed by atoms with Crippen LogP contribution in [-0.4, -0.2) is 40.6 Å². The van der Waals surface area contributed by atoms with Crippen LogP contribution in [0, 0.1) is 0 Å². The maximum atomic E-state index is 11.5. The zero-order chi connectivity index (χ0) is 11.5. The topological polar surface area (TPSA) is 92.4 Å². The van der Waals surface area contributed by atoms with Gasteiger partial charge in [0.25, 0.3) is 0 Å². The van der Waals surface area contributed by atoms with Crippen molar-refractivity contribution >= 4 is 23.6 Å². The number of hydrogen-bond acceptors (Lipinski definition) is 4. The van der Waals surface area contributed by atoms with E-state index in [1.54, 1.807) is 11.8 Å². The number of nitrogens with one attached hydrogen (secondary N) is 1. The highest BCUT2D eigenvalue weighted by atomic mass is 32.2. The first kappa shape index (κ1) is 12.3. The highest BCUT2D eigenvalue weighted by Crippen LogP contribution is 2.35. The minimum atomic E-state index is -1.02. The van der Waals surface area contributed by atoms with Gasteiger partial charge >= 0.3 is 5.97 Å². The number of carbonyl (C=O) groups excluding carboxylic acids is 1.